The van der Waals surface area contributed by atoms with Crippen LogP contribution < -0.4 is 0 Å². The molecule has 4 bridgehead atoms. The summed E-state index contributed by atoms with van der Waals surface area (Å²) in [6.45, 7) is 0. The van der Waals surface area contributed by atoms with E-state index >= 15 is 0 Å². The number of hydrogen-bond donors (Lipinski definition) is 0. The van der Waals surface area contributed by atoms with Gasteiger partial charge in [0.25, 0.3) is 0 Å². The van der Waals surface area contributed by atoms with Gasteiger partial charge in [-0.1, -0.05) is 97.1 Å². The lowest BCUT2D eigenvalue weighted by molar-refractivity contribution is -0.00518. The highest BCUT2D eigenvalue weighted by Crippen LogP contribution is 2.60. The lowest BCUT2D eigenvalue weighted by atomic mass is 9.48. The molecule has 4 saturated carbocycles. The Morgan fingerprint density at radius 2 is 0.767 bits per heavy atom. The third-order valence-corrected chi connectivity index (χ3v) is 14.1. The fraction of sp³-hybridized carbons (Fsp3) is 0.182. The van der Waals surface area contributed by atoms with Gasteiger partial charge in [-0.2, -0.15) is 0 Å². The predicted octanol–water partition coefficient (Wildman–Crippen LogP) is 14.5. The van der Waals surface area contributed by atoms with Gasteiger partial charge in [-0.15, -0.1) is 0 Å². The molecule has 0 radical (unpaired) electrons. The average molecular weight is 776 g/mol. The minimum Gasteiger partial charge on any atom is -0.456 e. The molecule has 0 spiro atoms. The molecule has 4 aliphatic carbocycles. The van der Waals surface area contributed by atoms with Crippen molar-refractivity contribution < 1.29 is 8.83 Å². The number of fused-ring (bicyclic) bond motifs is 6. The largest absolute Gasteiger partial charge is 0.456 e. The molecule has 4 fully saturated rings. The Balaban J connectivity index is 0.938. The Morgan fingerprint density at radius 1 is 0.350 bits per heavy atom. The Hall–Kier alpha value is -6.85. The van der Waals surface area contributed by atoms with Gasteiger partial charge < -0.3 is 8.83 Å². The molecule has 0 amide bonds. The van der Waals surface area contributed by atoms with Gasteiger partial charge in [-0.25, -0.2) is 15.0 Å². The maximum atomic E-state index is 6.43. The summed E-state index contributed by atoms with van der Waals surface area (Å²) in [6.07, 6.45) is 8.35. The van der Waals surface area contributed by atoms with Crippen molar-refractivity contribution >= 4 is 43.9 Å². The third-order valence-electron chi connectivity index (χ3n) is 14.1. The molecule has 60 heavy (non-hydrogen) atoms. The predicted molar refractivity (Wildman–Crippen MR) is 241 cm³/mol. The molecule has 288 valence electrons. The van der Waals surface area contributed by atoms with Crippen LogP contribution in [0.2, 0.25) is 0 Å². The lowest BCUT2D eigenvalue weighted by Gasteiger charge is -2.57. The minimum atomic E-state index is 0.330. The number of nitrogens with zero attached hydrogens (tertiary/aromatic N) is 3. The van der Waals surface area contributed by atoms with E-state index in [0.717, 1.165) is 95.0 Å². The fourth-order valence-electron chi connectivity index (χ4n) is 11.7. The van der Waals surface area contributed by atoms with Crippen molar-refractivity contribution in [3.05, 3.63) is 163 Å². The van der Waals surface area contributed by atoms with Crippen molar-refractivity contribution in [3.8, 4) is 56.4 Å². The van der Waals surface area contributed by atoms with Crippen LogP contribution in [0.5, 0.6) is 0 Å². The second kappa shape index (κ2) is 13.1. The molecule has 14 rings (SSSR count). The van der Waals surface area contributed by atoms with E-state index in [2.05, 4.69) is 133 Å². The molecule has 3 heterocycles. The molecule has 5 nitrogen and oxygen atoms in total. The maximum absolute atomic E-state index is 6.43. The Labute approximate surface area is 347 Å². The molecule has 7 aromatic carbocycles. The Bertz CT molecular complexity index is 3250. The second-order valence-corrected chi connectivity index (χ2v) is 17.9. The lowest BCUT2D eigenvalue weighted by Crippen LogP contribution is -2.48. The van der Waals surface area contributed by atoms with Gasteiger partial charge in [-0.05, 0) is 150 Å². The van der Waals surface area contributed by atoms with E-state index < -0.39 is 0 Å². The highest BCUT2D eigenvalue weighted by atomic mass is 16.3. The molecule has 10 aromatic rings. The van der Waals surface area contributed by atoms with E-state index in [1.165, 1.54) is 49.7 Å². The van der Waals surface area contributed by atoms with E-state index in [1.807, 2.05) is 24.3 Å². The zero-order valence-corrected chi connectivity index (χ0v) is 33.1. The first kappa shape index (κ1) is 34.1. The van der Waals surface area contributed by atoms with Gasteiger partial charge in [0, 0.05) is 38.2 Å². The van der Waals surface area contributed by atoms with Crippen molar-refractivity contribution in [1.82, 2.24) is 15.0 Å². The summed E-state index contributed by atoms with van der Waals surface area (Å²) in [7, 11) is 0. The van der Waals surface area contributed by atoms with E-state index in [9.17, 15) is 0 Å². The summed E-state index contributed by atoms with van der Waals surface area (Å²) in [5.41, 5.74) is 12.6. The first-order valence-corrected chi connectivity index (χ1v) is 21.5. The summed E-state index contributed by atoms with van der Waals surface area (Å²) in [5.74, 6) is 4.61. The van der Waals surface area contributed by atoms with Crippen molar-refractivity contribution in [2.75, 3.05) is 0 Å². The van der Waals surface area contributed by atoms with Crippen LogP contribution in [0.25, 0.3) is 100 Å². The fourth-order valence-corrected chi connectivity index (χ4v) is 11.7. The topological polar surface area (TPSA) is 65.0 Å². The Morgan fingerprint density at radius 3 is 1.32 bits per heavy atom. The van der Waals surface area contributed by atoms with Gasteiger partial charge in [0.05, 0.1) is 0 Å². The third kappa shape index (κ3) is 5.56. The van der Waals surface area contributed by atoms with Gasteiger partial charge in [0.1, 0.15) is 22.3 Å². The van der Waals surface area contributed by atoms with Crippen LogP contribution in [0, 0.1) is 17.8 Å². The van der Waals surface area contributed by atoms with Crippen LogP contribution in [-0.2, 0) is 5.41 Å². The van der Waals surface area contributed by atoms with Crippen LogP contribution in [0.15, 0.2) is 167 Å². The molecule has 0 unspecified atom stereocenters. The second-order valence-electron chi connectivity index (χ2n) is 17.9. The van der Waals surface area contributed by atoms with Crippen LogP contribution >= 0.6 is 0 Å². The summed E-state index contributed by atoms with van der Waals surface area (Å²) in [5, 5.41) is 4.19. The number of aromatic nitrogens is 3. The zero-order chi connectivity index (χ0) is 39.4. The molecular weight excluding hydrogens is 735 g/mol. The van der Waals surface area contributed by atoms with Gasteiger partial charge >= 0.3 is 0 Å². The molecular formula is C55H41N3O2. The van der Waals surface area contributed by atoms with E-state index in [4.69, 9.17) is 23.8 Å². The minimum absolute atomic E-state index is 0.330. The average Bonchev–Trinajstić information content (AvgIpc) is 3.86. The monoisotopic (exact) mass is 775 g/mol. The standard InChI is InChI=1S/C55H41N3O2/c1-3-7-36(8-4-1)39-14-20-49-46(26-39)47-28-42(16-22-50(47)59-49)54-57-52(38-11-17-43(18-12-38)55-30-33-23-34(31-55)25-35(24-33)32-55)56-53(58-54)41-15-21-48-45(27-41)44-19-13-40(29-51(44)60-48)37-9-5-2-6-10-37/h1-22,26-29,33-35H,23-25,30-32H2. The highest BCUT2D eigenvalue weighted by molar-refractivity contribution is 6.08. The number of furan rings is 2. The van der Waals surface area contributed by atoms with Crippen molar-refractivity contribution in [3.63, 3.8) is 0 Å². The van der Waals surface area contributed by atoms with Crippen LogP contribution in [0.3, 0.4) is 0 Å². The van der Waals surface area contributed by atoms with Gasteiger partial charge in [0.15, 0.2) is 17.5 Å². The zero-order valence-electron chi connectivity index (χ0n) is 33.1. The molecule has 3 aromatic heterocycles. The Kier molecular flexibility index (Phi) is 7.42. The number of hydrogen-bond acceptors (Lipinski definition) is 5. The van der Waals surface area contributed by atoms with Gasteiger partial charge in [0.2, 0.25) is 0 Å². The normalized spacial score (nSPS) is 20.8. The van der Waals surface area contributed by atoms with Gasteiger partial charge in [-0.3, -0.25) is 0 Å². The van der Waals surface area contributed by atoms with E-state index in [0.29, 0.717) is 22.9 Å². The van der Waals surface area contributed by atoms with Crippen LogP contribution in [-0.4, -0.2) is 15.0 Å². The van der Waals surface area contributed by atoms with Crippen molar-refractivity contribution in [1.29, 1.82) is 0 Å². The summed E-state index contributed by atoms with van der Waals surface area (Å²) >= 11 is 0. The molecule has 0 atom stereocenters. The first-order valence-electron chi connectivity index (χ1n) is 21.5. The maximum Gasteiger partial charge on any atom is 0.164 e. The molecule has 0 N–H and O–H groups in total. The summed E-state index contributed by atoms with van der Waals surface area (Å²) < 4.78 is 12.8. The number of rotatable bonds is 6. The van der Waals surface area contributed by atoms with Crippen molar-refractivity contribution in [2.45, 2.75) is 43.9 Å². The van der Waals surface area contributed by atoms with Crippen LogP contribution in [0.1, 0.15) is 44.1 Å². The van der Waals surface area contributed by atoms with E-state index in [1.54, 1.807) is 0 Å². The summed E-state index contributed by atoms with van der Waals surface area (Å²) in [4.78, 5) is 15.7. The summed E-state index contributed by atoms with van der Waals surface area (Å²) in [6, 6.07) is 55.7. The molecule has 0 aliphatic heterocycles. The SMILES string of the molecule is c1ccc(-c2ccc3c(c2)oc2ccc(-c4nc(-c5ccc(C67CC8CC(CC(C8)C6)C7)cc5)nc(-c5ccc6oc7ccc(-c8ccccc8)cc7c6c5)n4)cc23)cc1. The molecule has 0 saturated heterocycles. The highest BCUT2D eigenvalue weighted by Gasteiger charge is 2.51. The quantitative estimate of drug-likeness (QED) is 0.168. The van der Waals surface area contributed by atoms with Crippen molar-refractivity contribution in [2.24, 2.45) is 17.8 Å². The molecule has 5 heteroatoms. The molecule has 4 aliphatic rings. The number of benzene rings is 7. The van der Waals surface area contributed by atoms with Crippen LogP contribution in [0.4, 0.5) is 0 Å². The smallest absolute Gasteiger partial charge is 0.164 e. The van der Waals surface area contributed by atoms with E-state index in [-0.39, 0.29) is 0 Å². The first-order chi connectivity index (χ1) is 29.6.